The number of nitrogens with one attached hydrogen (secondary N) is 2. The Hall–Kier alpha value is -2.25. The smallest absolute Gasteiger partial charge is 0.251 e. The van der Waals surface area contributed by atoms with Crippen molar-refractivity contribution >= 4 is 34.4 Å². The van der Waals surface area contributed by atoms with E-state index < -0.39 is 0 Å². The number of H-pyrrole nitrogens is 1. The van der Waals surface area contributed by atoms with E-state index in [1.165, 1.54) is 5.56 Å². The van der Waals surface area contributed by atoms with Gasteiger partial charge in [0.25, 0.3) is 5.91 Å². The molecule has 1 aromatic carbocycles. The van der Waals surface area contributed by atoms with Gasteiger partial charge < -0.3 is 24.8 Å². The van der Waals surface area contributed by atoms with E-state index in [2.05, 4.69) is 20.2 Å². The molecule has 2 N–H and O–H groups in total. The molecule has 0 saturated carbocycles. The van der Waals surface area contributed by atoms with Crippen LogP contribution >= 0.6 is 11.6 Å². The van der Waals surface area contributed by atoms with Gasteiger partial charge >= 0.3 is 0 Å². The molecular weight excluding hydrogens is 390 g/mol. The fourth-order valence-electron chi connectivity index (χ4n) is 4.11. The minimum absolute atomic E-state index is 0.142. The molecule has 0 bridgehead atoms. The molecule has 2 fully saturated rings. The van der Waals surface area contributed by atoms with Crippen LogP contribution in [0.1, 0.15) is 18.4 Å². The SMILES string of the molecule is CN=C(NCCc1c[nH]c2ccc(Cl)cc12)N1CCN(C(=O)C2CCCO2)CC1. The zero-order valence-electron chi connectivity index (χ0n) is 16.8. The van der Waals surface area contributed by atoms with Crippen LogP contribution in [0, 0.1) is 0 Å². The van der Waals surface area contributed by atoms with Gasteiger partial charge in [-0.3, -0.25) is 9.79 Å². The van der Waals surface area contributed by atoms with Crippen molar-refractivity contribution in [3.8, 4) is 0 Å². The second-order valence-electron chi connectivity index (χ2n) is 7.54. The summed E-state index contributed by atoms with van der Waals surface area (Å²) < 4.78 is 5.54. The van der Waals surface area contributed by atoms with Gasteiger partial charge in [0.2, 0.25) is 0 Å². The van der Waals surface area contributed by atoms with Crippen LogP contribution < -0.4 is 5.32 Å². The molecule has 7 nitrogen and oxygen atoms in total. The highest BCUT2D eigenvalue weighted by Gasteiger charge is 2.30. The van der Waals surface area contributed by atoms with Crippen LogP contribution in [0.3, 0.4) is 0 Å². The number of fused-ring (bicyclic) bond motifs is 1. The van der Waals surface area contributed by atoms with Gasteiger partial charge in [0.15, 0.2) is 5.96 Å². The van der Waals surface area contributed by atoms with E-state index in [0.717, 1.165) is 60.8 Å². The number of guanidine groups is 1. The normalized spacial score (nSPS) is 20.5. The first-order valence-corrected chi connectivity index (χ1v) is 10.6. The number of nitrogens with zero attached hydrogens (tertiary/aromatic N) is 3. The molecule has 4 rings (SSSR count). The molecule has 2 aliphatic rings. The molecule has 2 saturated heterocycles. The fraction of sp³-hybridized carbons (Fsp3) is 0.524. The van der Waals surface area contributed by atoms with Crippen LogP contribution in [0.2, 0.25) is 5.02 Å². The predicted molar refractivity (Wildman–Crippen MR) is 116 cm³/mol. The summed E-state index contributed by atoms with van der Waals surface area (Å²) in [5, 5.41) is 5.37. The first-order chi connectivity index (χ1) is 14.2. The first-order valence-electron chi connectivity index (χ1n) is 10.3. The van der Waals surface area contributed by atoms with Crippen LogP contribution in [0.25, 0.3) is 10.9 Å². The zero-order valence-corrected chi connectivity index (χ0v) is 17.5. The quantitative estimate of drug-likeness (QED) is 0.591. The van der Waals surface area contributed by atoms with Gasteiger partial charge in [0.05, 0.1) is 0 Å². The Labute approximate surface area is 176 Å². The van der Waals surface area contributed by atoms with E-state index in [0.29, 0.717) is 19.7 Å². The molecule has 2 aromatic rings. The Morgan fingerprint density at radius 3 is 2.83 bits per heavy atom. The molecule has 1 unspecified atom stereocenters. The van der Waals surface area contributed by atoms with Crippen molar-refractivity contribution in [2.75, 3.05) is 46.4 Å². The maximum atomic E-state index is 12.5. The Balaban J connectivity index is 1.27. The van der Waals surface area contributed by atoms with Crippen molar-refractivity contribution in [2.24, 2.45) is 4.99 Å². The lowest BCUT2D eigenvalue weighted by molar-refractivity contribution is -0.142. The van der Waals surface area contributed by atoms with Crippen molar-refractivity contribution in [1.29, 1.82) is 0 Å². The van der Waals surface area contributed by atoms with E-state index >= 15 is 0 Å². The van der Waals surface area contributed by atoms with Crippen molar-refractivity contribution in [1.82, 2.24) is 20.1 Å². The average Bonchev–Trinajstić information content (AvgIpc) is 3.41. The third kappa shape index (κ3) is 4.51. The average molecular weight is 418 g/mol. The highest BCUT2D eigenvalue weighted by atomic mass is 35.5. The van der Waals surface area contributed by atoms with Crippen LogP contribution in [-0.2, 0) is 16.0 Å². The number of amides is 1. The number of aromatic amines is 1. The Kier molecular flexibility index (Phi) is 6.25. The molecule has 0 radical (unpaired) electrons. The minimum Gasteiger partial charge on any atom is -0.368 e. The molecule has 156 valence electrons. The van der Waals surface area contributed by atoms with Crippen molar-refractivity contribution in [3.63, 3.8) is 0 Å². The van der Waals surface area contributed by atoms with Crippen molar-refractivity contribution in [3.05, 3.63) is 35.0 Å². The monoisotopic (exact) mass is 417 g/mol. The molecule has 0 spiro atoms. The fourth-order valence-corrected chi connectivity index (χ4v) is 4.29. The maximum absolute atomic E-state index is 12.5. The molecule has 1 atom stereocenters. The molecule has 2 aliphatic heterocycles. The van der Waals surface area contributed by atoms with Gasteiger partial charge in [0, 0.05) is 68.5 Å². The summed E-state index contributed by atoms with van der Waals surface area (Å²) in [5.41, 5.74) is 2.33. The van der Waals surface area contributed by atoms with Gasteiger partial charge in [-0.2, -0.15) is 0 Å². The van der Waals surface area contributed by atoms with Gasteiger partial charge in [0.1, 0.15) is 6.10 Å². The molecule has 3 heterocycles. The third-order valence-corrected chi connectivity index (χ3v) is 5.95. The second-order valence-corrected chi connectivity index (χ2v) is 7.98. The molecular formula is C21H28ClN5O2. The molecule has 29 heavy (non-hydrogen) atoms. The maximum Gasteiger partial charge on any atom is 0.251 e. The standard InChI is InChI=1S/C21H28ClN5O2/c1-23-21(24-7-6-15-14-25-18-5-4-16(22)13-17(15)18)27-10-8-26(9-11-27)20(28)19-3-2-12-29-19/h4-5,13-14,19,25H,2-3,6-12H2,1H3,(H,23,24). The van der Waals surface area contributed by atoms with E-state index in [1.54, 1.807) is 7.05 Å². The highest BCUT2D eigenvalue weighted by molar-refractivity contribution is 6.31. The second kappa shape index (κ2) is 9.05. The minimum atomic E-state index is -0.233. The van der Waals surface area contributed by atoms with Crippen LogP contribution in [0.4, 0.5) is 0 Å². The zero-order chi connectivity index (χ0) is 20.2. The Morgan fingerprint density at radius 2 is 2.10 bits per heavy atom. The summed E-state index contributed by atoms with van der Waals surface area (Å²) in [6, 6.07) is 5.90. The highest BCUT2D eigenvalue weighted by Crippen LogP contribution is 2.22. The molecule has 1 amide bonds. The number of benzene rings is 1. The van der Waals surface area contributed by atoms with Crippen LogP contribution in [0.15, 0.2) is 29.4 Å². The summed E-state index contributed by atoms with van der Waals surface area (Å²) in [7, 11) is 1.80. The largest absolute Gasteiger partial charge is 0.368 e. The number of aromatic nitrogens is 1. The topological polar surface area (TPSA) is 73.0 Å². The van der Waals surface area contributed by atoms with Crippen molar-refractivity contribution < 1.29 is 9.53 Å². The molecule has 1 aromatic heterocycles. The lowest BCUT2D eigenvalue weighted by Crippen LogP contribution is -2.55. The first kappa shape index (κ1) is 20.0. The summed E-state index contributed by atoms with van der Waals surface area (Å²) in [5.74, 6) is 1.02. The van der Waals surface area contributed by atoms with E-state index in [9.17, 15) is 4.79 Å². The van der Waals surface area contributed by atoms with E-state index in [1.807, 2.05) is 29.3 Å². The third-order valence-electron chi connectivity index (χ3n) is 5.71. The number of carbonyl (C=O) groups is 1. The Morgan fingerprint density at radius 1 is 1.31 bits per heavy atom. The number of piperazine rings is 1. The van der Waals surface area contributed by atoms with Crippen LogP contribution in [-0.4, -0.2) is 79.1 Å². The number of carbonyl (C=O) groups excluding carboxylic acids is 1. The summed E-state index contributed by atoms with van der Waals surface area (Å²) in [4.78, 5) is 24.4. The van der Waals surface area contributed by atoms with E-state index in [-0.39, 0.29) is 12.0 Å². The van der Waals surface area contributed by atoms with Gasteiger partial charge in [-0.05, 0) is 43.0 Å². The van der Waals surface area contributed by atoms with Crippen molar-refractivity contribution in [2.45, 2.75) is 25.4 Å². The number of halogens is 1. The number of rotatable bonds is 4. The number of ether oxygens (including phenoxy) is 1. The summed E-state index contributed by atoms with van der Waals surface area (Å²) >= 11 is 6.14. The molecule has 8 heteroatoms. The Bertz CT molecular complexity index is 882. The number of hydrogen-bond acceptors (Lipinski definition) is 3. The lowest BCUT2D eigenvalue weighted by atomic mass is 10.1. The van der Waals surface area contributed by atoms with Gasteiger partial charge in [-0.15, -0.1) is 0 Å². The predicted octanol–water partition coefficient (Wildman–Crippen LogP) is 2.26. The van der Waals surface area contributed by atoms with Crippen LogP contribution in [0.5, 0.6) is 0 Å². The summed E-state index contributed by atoms with van der Waals surface area (Å²) in [6.45, 7) is 4.46. The number of hydrogen-bond donors (Lipinski definition) is 2. The molecule has 0 aliphatic carbocycles. The van der Waals surface area contributed by atoms with Gasteiger partial charge in [-0.1, -0.05) is 11.6 Å². The summed E-state index contributed by atoms with van der Waals surface area (Å²) in [6.07, 6.45) is 4.51. The lowest BCUT2D eigenvalue weighted by Gasteiger charge is -2.37. The van der Waals surface area contributed by atoms with E-state index in [4.69, 9.17) is 16.3 Å². The number of aliphatic imine (C=N–C) groups is 1. The van der Waals surface area contributed by atoms with Gasteiger partial charge in [-0.25, -0.2) is 0 Å².